The van der Waals surface area contributed by atoms with Gasteiger partial charge in [0.15, 0.2) is 5.78 Å². The molecule has 0 aliphatic carbocycles. The van der Waals surface area contributed by atoms with Crippen molar-refractivity contribution in [3.63, 3.8) is 0 Å². The molecule has 1 aliphatic rings. The third-order valence-electron chi connectivity index (χ3n) is 7.52. The molecule has 2 aromatic carbocycles. The van der Waals surface area contributed by atoms with Gasteiger partial charge in [-0.15, -0.1) is 0 Å². The maximum Gasteiger partial charge on any atom is 0.413 e. The Morgan fingerprint density at radius 1 is 0.940 bits per heavy atom. The minimum Gasteiger partial charge on any atom is -0.459 e. The van der Waals surface area contributed by atoms with Gasteiger partial charge in [-0.2, -0.15) is 0 Å². The van der Waals surface area contributed by atoms with Crippen LogP contribution < -0.4 is 5.32 Å². The minimum absolute atomic E-state index is 0.0340. The number of hydrogen-bond acceptors (Lipinski definition) is 9. The van der Waals surface area contributed by atoms with Crippen molar-refractivity contribution in [2.45, 2.75) is 105 Å². The zero-order valence-electron chi connectivity index (χ0n) is 30.4. The summed E-state index contributed by atoms with van der Waals surface area (Å²) in [4.78, 5) is 69.1. The first-order valence-electron chi connectivity index (χ1n) is 16.9. The number of alkyl carbamates (subject to hydrolysis) is 1. The van der Waals surface area contributed by atoms with Gasteiger partial charge in [0.05, 0.1) is 12.5 Å². The molecule has 0 saturated carbocycles. The largest absolute Gasteiger partial charge is 0.459 e. The number of amidine groups is 1. The van der Waals surface area contributed by atoms with E-state index >= 15 is 0 Å². The number of nitrogens with zero attached hydrogens (tertiary/aromatic N) is 2. The van der Waals surface area contributed by atoms with Crippen LogP contribution in [-0.4, -0.2) is 81.9 Å². The molecular formula is C38H51N4O8. The zero-order chi connectivity index (χ0) is 37.2. The number of nitrogens with one attached hydrogen (secondary N) is 2. The molecule has 1 saturated heterocycles. The number of carbonyl (C=O) groups is 5. The highest BCUT2D eigenvalue weighted by atomic mass is 16.6. The number of likely N-dealkylation sites (tertiary alicyclic amines) is 1. The van der Waals surface area contributed by atoms with E-state index in [4.69, 9.17) is 19.6 Å². The van der Waals surface area contributed by atoms with Crippen molar-refractivity contribution in [3.05, 3.63) is 77.7 Å². The molecule has 1 fully saturated rings. The van der Waals surface area contributed by atoms with E-state index < -0.39 is 53.9 Å². The van der Waals surface area contributed by atoms with E-state index in [1.54, 1.807) is 65.8 Å². The number of amides is 3. The minimum atomic E-state index is -1.07. The van der Waals surface area contributed by atoms with E-state index in [-0.39, 0.29) is 30.6 Å². The molecule has 0 aromatic heterocycles. The van der Waals surface area contributed by atoms with Crippen molar-refractivity contribution >= 4 is 35.7 Å². The zero-order valence-corrected chi connectivity index (χ0v) is 30.4. The fraction of sp³-hybridized carbons (Fsp3) is 0.500. The molecule has 271 valence electrons. The van der Waals surface area contributed by atoms with Gasteiger partial charge in [-0.05, 0) is 77.8 Å². The molecule has 0 bridgehead atoms. The normalized spacial score (nSPS) is 15.2. The van der Waals surface area contributed by atoms with Gasteiger partial charge in [0.2, 0.25) is 5.91 Å². The highest BCUT2D eigenvalue weighted by Gasteiger charge is 2.42. The van der Waals surface area contributed by atoms with Gasteiger partial charge in [-0.25, -0.2) is 9.59 Å². The number of carbonyl (C=O) groups excluding carboxylic acids is 5. The summed E-state index contributed by atoms with van der Waals surface area (Å²) in [6.07, 6.45) is 1.12. The lowest BCUT2D eigenvalue weighted by atomic mass is 9.98. The van der Waals surface area contributed by atoms with Crippen LogP contribution in [0, 0.1) is 17.7 Å². The predicted molar refractivity (Wildman–Crippen MR) is 188 cm³/mol. The summed E-state index contributed by atoms with van der Waals surface area (Å²) in [5.41, 5.74) is 0.0907. The Balaban J connectivity index is 1.71. The smallest absolute Gasteiger partial charge is 0.413 e. The molecular weight excluding hydrogens is 640 g/mol. The number of esters is 1. The summed E-state index contributed by atoms with van der Waals surface area (Å²) in [6, 6.07) is 13.8. The molecule has 12 nitrogen and oxygen atoms in total. The van der Waals surface area contributed by atoms with Gasteiger partial charge in [-0.3, -0.25) is 30.0 Å². The van der Waals surface area contributed by atoms with Crippen LogP contribution in [0.3, 0.4) is 0 Å². The molecule has 3 rings (SSSR count). The Bertz CT molecular complexity index is 1510. The number of ketones is 1. The lowest BCUT2D eigenvalue weighted by Crippen LogP contribution is -2.56. The summed E-state index contributed by atoms with van der Waals surface area (Å²) in [7, 11) is 0. The SMILES string of the molecule is CC(C)C[C@H](C(=O)N1CCC[C@H]1C(=O)[CH]c1ccc(C(=N)NC(=O)OCc2ccccc2)cc1)N(CC(=O)OC(C)(C)C)C(=O)OC(C)(C)C. The highest BCUT2D eigenvalue weighted by molar-refractivity contribution is 6.05. The first kappa shape index (κ1) is 39.7. The molecule has 1 radical (unpaired) electrons. The summed E-state index contributed by atoms with van der Waals surface area (Å²) >= 11 is 0. The standard InChI is InChI=1S/C38H51N4O8/c1-25(2)21-30(42(36(47)50-38(6,7)8)23-32(44)49-37(3,4)5)34(45)41-20-12-15-29(41)31(43)22-26-16-18-28(19-17-26)33(39)40-35(46)48-24-27-13-10-9-11-14-27/h9-11,13-14,16-19,22,25,29-30H,12,15,20-21,23-24H2,1-8H3,(H2,39,40,46)/t29-,30+/m0/s1. The summed E-state index contributed by atoms with van der Waals surface area (Å²) in [5.74, 6) is -1.60. The van der Waals surface area contributed by atoms with Crippen molar-refractivity contribution in [2.75, 3.05) is 13.1 Å². The van der Waals surface area contributed by atoms with Crippen LogP contribution >= 0.6 is 0 Å². The highest BCUT2D eigenvalue weighted by Crippen LogP contribution is 2.26. The second-order valence-corrected chi connectivity index (χ2v) is 14.8. The van der Waals surface area contributed by atoms with E-state index in [2.05, 4.69) is 5.32 Å². The van der Waals surface area contributed by atoms with Gasteiger partial charge in [0, 0.05) is 12.1 Å². The maximum atomic E-state index is 14.3. The van der Waals surface area contributed by atoms with E-state index in [9.17, 15) is 24.0 Å². The lowest BCUT2D eigenvalue weighted by molar-refractivity contribution is -0.157. The summed E-state index contributed by atoms with van der Waals surface area (Å²) in [6.45, 7) is 14.0. The molecule has 12 heteroatoms. The van der Waals surface area contributed by atoms with Crippen LogP contribution in [0.5, 0.6) is 0 Å². The molecule has 1 aliphatic heterocycles. The fourth-order valence-corrected chi connectivity index (χ4v) is 5.40. The molecule has 50 heavy (non-hydrogen) atoms. The van der Waals surface area contributed by atoms with Gasteiger partial charge in [0.25, 0.3) is 0 Å². The Morgan fingerprint density at radius 2 is 1.56 bits per heavy atom. The van der Waals surface area contributed by atoms with Crippen LogP contribution in [0.15, 0.2) is 54.6 Å². The Hall–Kier alpha value is -4.74. The molecule has 2 N–H and O–H groups in total. The Labute approximate surface area is 295 Å². The van der Waals surface area contributed by atoms with Gasteiger partial charge >= 0.3 is 18.2 Å². The number of Topliss-reactive ketones (excluding diaryl/α,β-unsaturated/α-hetero) is 1. The van der Waals surface area contributed by atoms with Crippen LogP contribution in [0.4, 0.5) is 9.59 Å². The van der Waals surface area contributed by atoms with Crippen LogP contribution in [0.1, 0.15) is 91.3 Å². The van der Waals surface area contributed by atoms with E-state index in [1.165, 1.54) is 11.3 Å². The quantitative estimate of drug-likeness (QED) is 0.118. The van der Waals surface area contributed by atoms with Crippen LogP contribution in [0.25, 0.3) is 0 Å². The van der Waals surface area contributed by atoms with Gasteiger partial charge in [-0.1, -0.05) is 68.4 Å². The maximum absolute atomic E-state index is 14.3. The molecule has 0 spiro atoms. The van der Waals surface area contributed by atoms with Crippen molar-refractivity contribution in [1.82, 2.24) is 15.1 Å². The fourth-order valence-electron chi connectivity index (χ4n) is 5.40. The number of benzene rings is 2. The Morgan fingerprint density at radius 3 is 2.14 bits per heavy atom. The van der Waals surface area contributed by atoms with Crippen molar-refractivity contribution in [3.8, 4) is 0 Å². The number of hydrogen-bond donors (Lipinski definition) is 2. The molecule has 2 aromatic rings. The second-order valence-electron chi connectivity index (χ2n) is 14.8. The number of ether oxygens (including phenoxy) is 3. The third kappa shape index (κ3) is 12.6. The molecule has 1 heterocycles. The molecule has 2 atom stereocenters. The molecule has 3 amide bonds. The van der Waals surface area contributed by atoms with E-state index in [1.807, 2.05) is 44.2 Å². The third-order valence-corrected chi connectivity index (χ3v) is 7.52. The van der Waals surface area contributed by atoms with Crippen LogP contribution in [0.2, 0.25) is 0 Å². The number of rotatable bonds is 12. The second kappa shape index (κ2) is 17.3. The first-order chi connectivity index (χ1) is 23.3. The Kier molecular flexibility index (Phi) is 13.7. The summed E-state index contributed by atoms with van der Waals surface area (Å²) in [5, 5.41) is 10.7. The van der Waals surface area contributed by atoms with Crippen molar-refractivity contribution < 1.29 is 38.2 Å². The topological polar surface area (TPSA) is 155 Å². The van der Waals surface area contributed by atoms with Crippen LogP contribution in [-0.2, 0) is 35.2 Å². The molecule has 0 unspecified atom stereocenters. The summed E-state index contributed by atoms with van der Waals surface area (Å²) < 4.78 is 16.3. The van der Waals surface area contributed by atoms with Gasteiger partial charge < -0.3 is 19.1 Å². The van der Waals surface area contributed by atoms with Gasteiger partial charge in [0.1, 0.15) is 36.2 Å². The van der Waals surface area contributed by atoms with E-state index in [0.29, 0.717) is 30.5 Å². The van der Waals surface area contributed by atoms with Crippen molar-refractivity contribution in [1.29, 1.82) is 5.41 Å². The first-order valence-corrected chi connectivity index (χ1v) is 16.9. The monoisotopic (exact) mass is 691 g/mol. The van der Waals surface area contributed by atoms with Crippen molar-refractivity contribution in [2.24, 2.45) is 5.92 Å². The predicted octanol–water partition coefficient (Wildman–Crippen LogP) is 6.04. The lowest BCUT2D eigenvalue weighted by Gasteiger charge is -2.36. The average molecular weight is 692 g/mol. The average Bonchev–Trinajstić information content (AvgIpc) is 3.51. The van der Waals surface area contributed by atoms with E-state index in [0.717, 1.165) is 10.5 Å².